The van der Waals surface area contributed by atoms with Crippen molar-refractivity contribution in [2.45, 2.75) is 6.92 Å². The smallest absolute Gasteiger partial charge is 0.159 e. The molecular formula is C13H12BrN3O. The Hall–Kier alpha value is -1.88. The number of nitrogens with two attached hydrogens (primary N) is 1. The van der Waals surface area contributed by atoms with Crippen LogP contribution in [0.15, 0.2) is 41.0 Å². The number of rotatable bonds is 3. The molecule has 0 aliphatic heterocycles. The van der Waals surface area contributed by atoms with E-state index >= 15 is 0 Å². The second-order valence-electron chi connectivity index (χ2n) is 3.85. The van der Waals surface area contributed by atoms with E-state index in [1.165, 1.54) is 6.92 Å². The number of ketones is 1. The minimum Gasteiger partial charge on any atom is -0.396 e. The maximum Gasteiger partial charge on any atom is 0.159 e. The number of nitrogens with one attached hydrogen (secondary N) is 1. The number of carbonyl (C=O) groups is 1. The van der Waals surface area contributed by atoms with Crippen LogP contribution in [-0.2, 0) is 0 Å². The Kier molecular flexibility index (Phi) is 3.62. The second-order valence-corrected chi connectivity index (χ2v) is 4.77. The molecular weight excluding hydrogens is 294 g/mol. The van der Waals surface area contributed by atoms with Crippen LogP contribution in [0.2, 0.25) is 0 Å². The number of nitrogens with zero attached hydrogens (tertiary/aromatic N) is 1. The van der Waals surface area contributed by atoms with E-state index in [1.807, 2.05) is 12.1 Å². The number of nitrogen functional groups attached to an aromatic ring is 1. The zero-order valence-corrected chi connectivity index (χ0v) is 11.4. The molecule has 92 valence electrons. The van der Waals surface area contributed by atoms with Crippen LogP contribution in [0, 0.1) is 0 Å². The summed E-state index contributed by atoms with van der Waals surface area (Å²) in [5, 5.41) is 3.10. The number of aromatic nitrogens is 1. The van der Waals surface area contributed by atoms with Crippen LogP contribution in [0.4, 0.5) is 17.2 Å². The molecule has 1 aromatic carbocycles. The Labute approximate surface area is 113 Å². The van der Waals surface area contributed by atoms with E-state index in [9.17, 15) is 4.79 Å². The highest BCUT2D eigenvalue weighted by atomic mass is 79.9. The Bertz CT molecular complexity index is 581. The Morgan fingerprint density at radius 2 is 2.00 bits per heavy atom. The fraction of sp³-hybridized carbons (Fsp3) is 0.0769. The molecule has 4 nitrogen and oxygen atoms in total. The third kappa shape index (κ3) is 2.87. The van der Waals surface area contributed by atoms with Crippen molar-refractivity contribution in [3.8, 4) is 0 Å². The minimum atomic E-state index is 0.0443. The quantitative estimate of drug-likeness (QED) is 0.853. The molecule has 0 atom stereocenters. The number of pyridine rings is 1. The van der Waals surface area contributed by atoms with Gasteiger partial charge in [0.1, 0.15) is 0 Å². The Morgan fingerprint density at radius 1 is 1.33 bits per heavy atom. The maximum atomic E-state index is 11.1. The lowest BCUT2D eigenvalue weighted by atomic mass is 10.1. The van der Waals surface area contributed by atoms with Crippen LogP contribution in [-0.4, -0.2) is 10.8 Å². The summed E-state index contributed by atoms with van der Waals surface area (Å²) in [5.74, 6) is 0.636. The van der Waals surface area contributed by atoms with Gasteiger partial charge in [-0.25, -0.2) is 4.98 Å². The van der Waals surface area contributed by atoms with Crippen LogP contribution in [0.5, 0.6) is 0 Å². The second kappa shape index (κ2) is 5.18. The molecule has 1 aromatic heterocycles. The molecule has 0 amide bonds. The van der Waals surface area contributed by atoms with Gasteiger partial charge in [-0.2, -0.15) is 0 Å². The lowest BCUT2D eigenvalue weighted by Gasteiger charge is -2.08. The third-order valence-corrected chi connectivity index (χ3v) is 2.87. The lowest BCUT2D eigenvalue weighted by Crippen LogP contribution is -1.99. The Balaban J connectivity index is 2.21. The van der Waals surface area contributed by atoms with E-state index < -0.39 is 0 Å². The number of carbonyl (C=O) groups excluding carboxylic acids is 1. The van der Waals surface area contributed by atoms with Gasteiger partial charge in [-0.15, -0.1) is 0 Å². The summed E-state index contributed by atoms with van der Waals surface area (Å²) in [4.78, 5) is 15.3. The van der Waals surface area contributed by atoms with E-state index in [0.29, 0.717) is 17.1 Å². The number of benzene rings is 1. The molecule has 18 heavy (non-hydrogen) atoms. The van der Waals surface area contributed by atoms with Gasteiger partial charge in [-0.3, -0.25) is 4.79 Å². The average molecular weight is 306 g/mol. The number of Topliss-reactive ketones (excluding diaryl/α,β-unsaturated/α-hetero) is 1. The summed E-state index contributed by atoms with van der Waals surface area (Å²) in [6.45, 7) is 1.54. The molecule has 0 radical (unpaired) electrons. The van der Waals surface area contributed by atoms with Crippen molar-refractivity contribution in [2.24, 2.45) is 0 Å². The molecule has 0 bridgehead atoms. The van der Waals surface area contributed by atoms with Crippen molar-refractivity contribution in [2.75, 3.05) is 11.1 Å². The van der Waals surface area contributed by atoms with Crippen molar-refractivity contribution in [3.63, 3.8) is 0 Å². The van der Waals surface area contributed by atoms with E-state index in [4.69, 9.17) is 5.73 Å². The Morgan fingerprint density at radius 3 is 2.56 bits per heavy atom. The predicted octanol–water partition coefficient (Wildman–Crippen LogP) is 3.37. The first-order valence-corrected chi connectivity index (χ1v) is 6.14. The van der Waals surface area contributed by atoms with Gasteiger partial charge in [0.2, 0.25) is 0 Å². The van der Waals surface area contributed by atoms with Crippen molar-refractivity contribution >= 4 is 38.9 Å². The number of hydrogen-bond acceptors (Lipinski definition) is 4. The highest BCUT2D eigenvalue weighted by molar-refractivity contribution is 9.10. The summed E-state index contributed by atoms with van der Waals surface area (Å²) in [6, 6.07) is 8.94. The summed E-state index contributed by atoms with van der Waals surface area (Å²) in [6.07, 6.45) is 1.67. The zero-order valence-electron chi connectivity index (χ0n) is 9.77. The zero-order chi connectivity index (χ0) is 13.1. The molecule has 1 heterocycles. The maximum absolute atomic E-state index is 11.1. The largest absolute Gasteiger partial charge is 0.396 e. The van der Waals surface area contributed by atoms with E-state index in [-0.39, 0.29) is 5.78 Å². The van der Waals surface area contributed by atoms with Gasteiger partial charge in [-0.1, -0.05) is 0 Å². The normalized spacial score (nSPS) is 10.1. The van der Waals surface area contributed by atoms with Gasteiger partial charge in [0.15, 0.2) is 11.6 Å². The molecule has 0 saturated carbocycles. The minimum absolute atomic E-state index is 0.0443. The fourth-order valence-electron chi connectivity index (χ4n) is 1.48. The summed E-state index contributed by atoms with van der Waals surface area (Å²) < 4.78 is 0.831. The summed E-state index contributed by atoms with van der Waals surface area (Å²) in [5.41, 5.74) is 7.91. The molecule has 5 heteroatoms. The molecule has 0 spiro atoms. The van der Waals surface area contributed by atoms with Crippen molar-refractivity contribution in [1.29, 1.82) is 0 Å². The monoisotopic (exact) mass is 305 g/mol. The van der Waals surface area contributed by atoms with Crippen molar-refractivity contribution in [1.82, 2.24) is 4.98 Å². The highest BCUT2D eigenvalue weighted by Crippen LogP contribution is 2.23. The van der Waals surface area contributed by atoms with Gasteiger partial charge in [0.05, 0.1) is 5.69 Å². The van der Waals surface area contributed by atoms with Gasteiger partial charge in [0, 0.05) is 21.9 Å². The highest BCUT2D eigenvalue weighted by Gasteiger charge is 2.03. The molecule has 0 saturated heterocycles. The van der Waals surface area contributed by atoms with E-state index in [0.717, 1.165) is 10.2 Å². The van der Waals surface area contributed by atoms with E-state index in [2.05, 4.69) is 26.2 Å². The number of halogens is 1. The van der Waals surface area contributed by atoms with Crippen molar-refractivity contribution < 1.29 is 4.79 Å². The van der Waals surface area contributed by atoms with Crippen LogP contribution in [0.3, 0.4) is 0 Å². The molecule has 0 aliphatic rings. The average Bonchev–Trinajstić information content (AvgIpc) is 2.33. The molecule has 0 unspecified atom stereocenters. The predicted molar refractivity (Wildman–Crippen MR) is 76.1 cm³/mol. The number of hydrogen-bond donors (Lipinski definition) is 2. The summed E-state index contributed by atoms with van der Waals surface area (Å²) >= 11 is 3.30. The number of anilines is 3. The van der Waals surface area contributed by atoms with Crippen LogP contribution >= 0.6 is 15.9 Å². The van der Waals surface area contributed by atoms with Gasteiger partial charge in [0.25, 0.3) is 0 Å². The van der Waals surface area contributed by atoms with Gasteiger partial charge in [-0.05, 0) is 53.2 Å². The van der Waals surface area contributed by atoms with Gasteiger partial charge >= 0.3 is 0 Å². The fourth-order valence-corrected chi connectivity index (χ4v) is 1.83. The molecule has 3 N–H and O–H groups in total. The van der Waals surface area contributed by atoms with Gasteiger partial charge < -0.3 is 11.1 Å². The molecule has 0 fully saturated rings. The third-order valence-electron chi connectivity index (χ3n) is 2.44. The first kappa shape index (κ1) is 12.6. The topological polar surface area (TPSA) is 68.0 Å². The molecule has 2 rings (SSSR count). The molecule has 0 aliphatic carbocycles. The summed E-state index contributed by atoms with van der Waals surface area (Å²) in [7, 11) is 0. The van der Waals surface area contributed by atoms with Crippen LogP contribution < -0.4 is 11.1 Å². The first-order chi connectivity index (χ1) is 8.56. The lowest BCUT2D eigenvalue weighted by molar-refractivity contribution is 0.101. The standard InChI is InChI=1S/C13H12BrN3O/c1-8(18)9-2-4-11(5-3-9)17-13-12(15)6-10(14)7-16-13/h2-7H,15H2,1H3,(H,16,17). The van der Waals surface area contributed by atoms with Crippen molar-refractivity contribution in [3.05, 3.63) is 46.6 Å². The SMILES string of the molecule is CC(=O)c1ccc(Nc2ncc(Br)cc2N)cc1. The first-order valence-electron chi connectivity index (χ1n) is 5.35. The van der Waals surface area contributed by atoms with E-state index in [1.54, 1.807) is 24.4 Å². The molecule has 2 aromatic rings. The van der Waals surface area contributed by atoms with Crippen LogP contribution in [0.25, 0.3) is 0 Å². The van der Waals surface area contributed by atoms with Crippen LogP contribution in [0.1, 0.15) is 17.3 Å².